The normalized spacial score (nSPS) is 16.7. The fraction of sp³-hybridized carbons (Fsp3) is 0.333. The van der Waals surface area contributed by atoms with E-state index in [1.807, 2.05) is 32.0 Å². The lowest BCUT2D eigenvalue weighted by Crippen LogP contribution is -2.43. The molecule has 0 unspecified atom stereocenters. The van der Waals surface area contributed by atoms with E-state index in [1.54, 1.807) is 29.2 Å². The lowest BCUT2D eigenvalue weighted by atomic mass is 10.1. The van der Waals surface area contributed by atoms with Crippen LogP contribution in [0.4, 0.5) is 10.5 Å². The van der Waals surface area contributed by atoms with Gasteiger partial charge in [-0.15, -0.1) is 0 Å². The number of nitrogens with one attached hydrogen (secondary N) is 1. The summed E-state index contributed by atoms with van der Waals surface area (Å²) >= 11 is 0.764. The van der Waals surface area contributed by atoms with Crippen LogP contribution in [0.15, 0.2) is 41.3 Å². The molecule has 38 heavy (non-hydrogen) atoms. The minimum Gasteiger partial charge on any atom is -0.493 e. The van der Waals surface area contributed by atoms with Crippen molar-refractivity contribution in [1.82, 2.24) is 9.80 Å². The maximum Gasteiger partial charge on any atom is 0.294 e. The van der Waals surface area contributed by atoms with Gasteiger partial charge in [-0.2, -0.15) is 0 Å². The topological polar surface area (TPSA) is 114 Å². The van der Waals surface area contributed by atoms with Gasteiger partial charge in [0.1, 0.15) is 6.54 Å². The molecule has 1 N–H and O–H groups in total. The van der Waals surface area contributed by atoms with Crippen molar-refractivity contribution < 1.29 is 33.4 Å². The van der Waals surface area contributed by atoms with Crippen LogP contribution in [0.25, 0.3) is 6.08 Å². The Bertz CT molecular complexity index is 1290. The molecule has 2 saturated heterocycles. The Hall–Kier alpha value is -3.83. The average molecular weight is 540 g/mol. The van der Waals surface area contributed by atoms with Crippen LogP contribution in [-0.4, -0.2) is 79.3 Å². The molecule has 2 aromatic rings. The molecule has 0 atom stereocenters. The van der Waals surface area contributed by atoms with Gasteiger partial charge in [0.05, 0.1) is 25.2 Å². The van der Waals surface area contributed by atoms with Crippen LogP contribution in [0.3, 0.4) is 0 Å². The summed E-state index contributed by atoms with van der Waals surface area (Å²) < 4.78 is 16.3. The van der Waals surface area contributed by atoms with Gasteiger partial charge in [0.2, 0.25) is 5.91 Å². The van der Waals surface area contributed by atoms with Crippen LogP contribution < -0.4 is 14.8 Å². The Morgan fingerprint density at radius 2 is 1.84 bits per heavy atom. The van der Waals surface area contributed by atoms with Gasteiger partial charge in [-0.25, -0.2) is 0 Å². The molecule has 0 saturated carbocycles. The van der Waals surface area contributed by atoms with E-state index in [-0.39, 0.29) is 24.0 Å². The average Bonchev–Trinajstić information content (AvgIpc) is 3.17. The van der Waals surface area contributed by atoms with Gasteiger partial charge < -0.3 is 24.4 Å². The molecule has 2 aliphatic heterocycles. The summed E-state index contributed by atoms with van der Waals surface area (Å²) in [7, 11) is 1.47. The Labute approximate surface area is 224 Å². The number of nitrogens with zero attached hydrogens (tertiary/aromatic N) is 2. The second-order valence-corrected chi connectivity index (χ2v) is 9.82. The third-order valence-electron chi connectivity index (χ3n) is 6.04. The van der Waals surface area contributed by atoms with Crippen LogP contribution >= 0.6 is 11.8 Å². The Morgan fingerprint density at radius 3 is 2.58 bits per heavy atom. The molecule has 0 radical (unpaired) electrons. The molecule has 2 heterocycles. The first-order chi connectivity index (χ1) is 18.2. The number of anilines is 1. The van der Waals surface area contributed by atoms with E-state index in [0.29, 0.717) is 49.1 Å². The molecule has 0 spiro atoms. The number of benzene rings is 2. The van der Waals surface area contributed by atoms with E-state index >= 15 is 0 Å². The van der Waals surface area contributed by atoms with E-state index in [9.17, 15) is 19.2 Å². The molecule has 11 heteroatoms. The summed E-state index contributed by atoms with van der Waals surface area (Å²) in [6.45, 7) is 5.32. The van der Waals surface area contributed by atoms with Gasteiger partial charge in [0.15, 0.2) is 18.1 Å². The summed E-state index contributed by atoms with van der Waals surface area (Å²) in [5.41, 5.74) is 3.10. The fourth-order valence-corrected chi connectivity index (χ4v) is 4.77. The Morgan fingerprint density at radius 1 is 1.08 bits per heavy atom. The highest BCUT2D eigenvalue weighted by molar-refractivity contribution is 8.18. The molecule has 0 aromatic heterocycles. The minimum absolute atomic E-state index is 0.140. The molecule has 2 fully saturated rings. The van der Waals surface area contributed by atoms with Crippen LogP contribution in [0.1, 0.15) is 16.7 Å². The zero-order valence-corrected chi connectivity index (χ0v) is 22.3. The molecule has 0 aliphatic carbocycles. The summed E-state index contributed by atoms with van der Waals surface area (Å²) in [6, 6.07) is 10.6. The van der Waals surface area contributed by atoms with E-state index in [4.69, 9.17) is 14.2 Å². The summed E-state index contributed by atoms with van der Waals surface area (Å²) in [5.74, 6) is -0.401. The van der Waals surface area contributed by atoms with Crippen molar-refractivity contribution in [3.05, 3.63) is 58.0 Å². The van der Waals surface area contributed by atoms with Crippen molar-refractivity contribution in [3.8, 4) is 11.5 Å². The summed E-state index contributed by atoms with van der Waals surface area (Å²) in [6.07, 6.45) is 1.55. The number of ether oxygens (including phenoxy) is 3. The number of hydrogen-bond acceptors (Lipinski definition) is 8. The van der Waals surface area contributed by atoms with Crippen molar-refractivity contribution in [3.63, 3.8) is 0 Å². The SMILES string of the molecule is COc1cc(/C=C2\SC(=O)N(CC(=O)Nc3cc(C)ccc3C)C2=O)ccc1OCC(=O)N1CCOCC1. The van der Waals surface area contributed by atoms with Crippen LogP contribution in [0, 0.1) is 13.8 Å². The predicted octanol–water partition coefficient (Wildman–Crippen LogP) is 3.22. The second-order valence-electron chi connectivity index (χ2n) is 8.83. The van der Waals surface area contributed by atoms with Gasteiger partial charge in [0, 0.05) is 18.8 Å². The van der Waals surface area contributed by atoms with Crippen molar-refractivity contribution in [2.24, 2.45) is 0 Å². The van der Waals surface area contributed by atoms with Gasteiger partial charge in [0.25, 0.3) is 17.1 Å². The molecule has 2 aliphatic rings. The van der Waals surface area contributed by atoms with Crippen molar-refractivity contribution in [1.29, 1.82) is 0 Å². The third kappa shape index (κ3) is 6.53. The summed E-state index contributed by atoms with van der Waals surface area (Å²) in [4.78, 5) is 53.1. The maximum absolute atomic E-state index is 12.9. The van der Waals surface area contributed by atoms with E-state index in [0.717, 1.165) is 27.8 Å². The van der Waals surface area contributed by atoms with Crippen LogP contribution in [0.5, 0.6) is 11.5 Å². The zero-order chi connectivity index (χ0) is 27.2. The largest absolute Gasteiger partial charge is 0.493 e. The number of aryl methyl sites for hydroxylation is 2. The van der Waals surface area contributed by atoms with E-state index < -0.39 is 17.1 Å². The van der Waals surface area contributed by atoms with E-state index in [1.165, 1.54) is 7.11 Å². The first-order valence-corrected chi connectivity index (χ1v) is 12.9. The standard InChI is InChI=1S/C27H29N3O7S/c1-17-4-5-18(2)20(12-17)28-24(31)15-30-26(33)23(38-27(30)34)14-19-6-7-21(22(13-19)35-3)37-16-25(32)29-8-10-36-11-9-29/h4-7,12-14H,8-11,15-16H2,1-3H3,(H,28,31)/b23-14-. The summed E-state index contributed by atoms with van der Waals surface area (Å²) in [5, 5.41) is 2.25. The van der Waals surface area contributed by atoms with Gasteiger partial charge in [-0.3, -0.25) is 24.1 Å². The first-order valence-electron chi connectivity index (χ1n) is 12.0. The molecule has 4 rings (SSSR count). The number of thioether (sulfide) groups is 1. The minimum atomic E-state index is -0.550. The van der Waals surface area contributed by atoms with Gasteiger partial charge in [-0.05, 0) is 66.6 Å². The van der Waals surface area contributed by atoms with Crippen molar-refractivity contribution in [2.45, 2.75) is 13.8 Å². The Balaban J connectivity index is 1.39. The molecule has 4 amide bonds. The molecule has 2 aromatic carbocycles. The maximum atomic E-state index is 12.9. The molecule has 0 bridgehead atoms. The highest BCUT2D eigenvalue weighted by Gasteiger charge is 2.36. The quantitative estimate of drug-likeness (QED) is 0.509. The molecule has 10 nitrogen and oxygen atoms in total. The number of carbonyl (C=O) groups is 4. The number of hydrogen-bond donors (Lipinski definition) is 1. The number of imide groups is 1. The second kappa shape index (κ2) is 12.1. The van der Waals surface area contributed by atoms with Crippen LogP contribution in [0.2, 0.25) is 0 Å². The highest BCUT2D eigenvalue weighted by Crippen LogP contribution is 2.34. The van der Waals surface area contributed by atoms with Gasteiger partial charge >= 0.3 is 0 Å². The van der Waals surface area contributed by atoms with Gasteiger partial charge in [-0.1, -0.05) is 18.2 Å². The fourth-order valence-electron chi connectivity index (χ4n) is 3.93. The predicted molar refractivity (Wildman–Crippen MR) is 143 cm³/mol. The number of rotatable bonds is 8. The molecular formula is C27H29N3O7S. The number of amides is 4. The Kier molecular flexibility index (Phi) is 8.70. The lowest BCUT2D eigenvalue weighted by molar-refractivity contribution is -0.137. The highest BCUT2D eigenvalue weighted by atomic mass is 32.2. The first kappa shape index (κ1) is 27.2. The third-order valence-corrected chi connectivity index (χ3v) is 6.95. The number of methoxy groups -OCH3 is 1. The van der Waals surface area contributed by atoms with Crippen LogP contribution in [-0.2, 0) is 19.1 Å². The van der Waals surface area contributed by atoms with Crippen molar-refractivity contribution in [2.75, 3.05) is 51.9 Å². The molecule has 200 valence electrons. The lowest BCUT2D eigenvalue weighted by Gasteiger charge is -2.26. The van der Waals surface area contributed by atoms with Crippen molar-refractivity contribution >= 4 is 46.5 Å². The monoisotopic (exact) mass is 539 g/mol. The zero-order valence-electron chi connectivity index (χ0n) is 21.4. The number of morpholine rings is 1. The number of carbonyl (C=O) groups excluding carboxylic acids is 4. The van der Waals surface area contributed by atoms with E-state index in [2.05, 4.69) is 5.32 Å². The molecular weight excluding hydrogens is 510 g/mol. The smallest absolute Gasteiger partial charge is 0.294 e.